The Bertz CT molecular complexity index is 423. The second-order valence-electron chi connectivity index (χ2n) is 4.07. The zero-order chi connectivity index (χ0) is 14.3. The lowest BCUT2D eigenvalue weighted by Gasteiger charge is -2.26. The van der Waals surface area contributed by atoms with Gasteiger partial charge in [-0.15, -0.1) is 11.8 Å². The summed E-state index contributed by atoms with van der Waals surface area (Å²) in [5.41, 5.74) is 7.64. The first-order valence-electron chi connectivity index (χ1n) is 6.49. The molecule has 0 fully saturated rings. The number of nitrogens with two attached hydrogens (primary N) is 1. The molecule has 1 aromatic rings. The molecular formula is C14H23N3OS. The predicted octanol–water partition coefficient (Wildman–Crippen LogP) is 2.56. The minimum atomic E-state index is 0.127. The molecule has 0 aromatic heterocycles. The third kappa shape index (κ3) is 4.14. The van der Waals surface area contributed by atoms with Crippen LogP contribution in [-0.4, -0.2) is 38.4 Å². The first kappa shape index (κ1) is 15.9. The van der Waals surface area contributed by atoms with Crippen LogP contribution in [0.15, 0.2) is 23.1 Å². The number of anilines is 1. The van der Waals surface area contributed by atoms with Crippen LogP contribution in [-0.2, 0) is 4.74 Å². The largest absolute Gasteiger partial charge is 0.384 e. The lowest BCUT2D eigenvalue weighted by molar-refractivity contribution is 0.205. The first-order valence-corrected chi connectivity index (χ1v) is 7.48. The van der Waals surface area contributed by atoms with Gasteiger partial charge in [-0.1, -0.05) is 13.0 Å². The molecule has 106 valence electrons. The van der Waals surface area contributed by atoms with Gasteiger partial charge >= 0.3 is 0 Å². The Hall–Kier alpha value is -1.20. The highest BCUT2D eigenvalue weighted by Gasteiger charge is 2.15. The van der Waals surface area contributed by atoms with Crippen LogP contribution in [0.5, 0.6) is 0 Å². The summed E-state index contributed by atoms with van der Waals surface area (Å²) in [5.74, 6) is 1.09. The van der Waals surface area contributed by atoms with Gasteiger partial charge in [0.2, 0.25) is 0 Å². The fourth-order valence-electron chi connectivity index (χ4n) is 1.98. The molecular weight excluding hydrogens is 258 g/mol. The number of rotatable bonds is 8. The highest BCUT2D eigenvalue weighted by Crippen LogP contribution is 2.30. The normalized spacial score (nSPS) is 10.5. The molecule has 0 aliphatic carbocycles. The van der Waals surface area contributed by atoms with E-state index in [-0.39, 0.29) is 5.84 Å². The molecule has 0 spiro atoms. The second-order valence-corrected chi connectivity index (χ2v) is 5.38. The van der Waals surface area contributed by atoms with Crippen molar-refractivity contribution in [1.82, 2.24) is 0 Å². The fraction of sp³-hybridized carbons (Fsp3) is 0.500. The smallest absolute Gasteiger partial charge is 0.126 e. The summed E-state index contributed by atoms with van der Waals surface area (Å²) in [6, 6.07) is 6.07. The van der Waals surface area contributed by atoms with Crippen molar-refractivity contribution in [2.75, 3.05) is 37.5 Å². The number of nitrogens with zero attached hydrogens (tertiary/aromatic N) is 1. The number of methoxy groups -OCH3 is 1. The first-order chi connectivity index (χ1) is 9.15. The average molecular weight is 281 g/mol. The molecule has 0 aliphatic rings. The highest BCUT2D eigenvalue weighted by molar-refractivity contribution is 7.99. The maximum Gasteiger partial charge on any atom is 0.126 e. The SMILES string of the molecule is CCSc1cccc(N(CC)CCOC)c1C(=N)N. The van der Waals surface area contributed by atoms with Gasteiger partial charge < -0.3 is 15.4 Å². The van der Waals surface area contributed by atoms with E-state index in [0.717, 1.165) is 35.0 Å². The van der Waals surface area contributed by atoms with Crippen molar-refractivity contribution in [3.8, 4) is 0 Å². The van der Waals surface area contributed by atoms with Crippen LogP contribution in [0, 0.1) is 5.41 Å². The Kier molecular flexibility index (Phi) is 6.73. The monoisotopic (exact) mass is 281 g/mol. The van der Waals surface area contributed by atoms with Crippen molar-refractivity contribution in [1.29, 1.82) is 5.41 Å². The van der Waals surface area contributed by atoms with Crippen LogP contribution in [0.4, 0.5) is 5.69 Å². The van der Waals surface area contributed by atoms with Gasteiger partial charge in [-0.2, -0.15) is 0 Å². The zero-order valence-electron chi connectivity index (χ0n) is 11.9. The molecule has 0 unspecified atom stereocenters. The van der Waals surface area contributed by atoms with E-state index in [1.165, 1.54) is 0 Å². The van der Waals surface area contributed by atoms with E-state index in [9.17, 15) is 0 Å². The molecule has 0 radical (unpaired) electrons. The summed E-state index contributed by atoms with van der Waals surface area (Å²) in [7, 11) is 1.70. The molecule has 0 bridgehead atoms. The molecule has 0 saturated carbocycles. The number of benzene rings is 1. The number of likely N-dealkylation sites (N-methyl/N-ethyl adjacent to an activating group) is 1. The second kappa shape index (κ2) is 8.07. The molecule has 3 N–H and O–H groups in total. The molecule has 19 heavy (non-hydrogen) atoms. The summed E-state index contributed by atoms with van der Waals surface area (Å²) < 4.78 is 5.14. The topological polar surface area (TPSA) is 62.3 Å². The van der Waals surface area contributed by atoms with Crippen LogP contribution < -0.4 is 10.6 Å². The fourth-order valence-corrected chi connectivity index (χ4v) is 2.82. The average Bonchev–Trinajstić information content (AvgIpc) is 2.40. The lowest BCUT2D eigenvalue weighted by atomic mass is 10.1. The van der Waals surface area contributed by atoms with E-state index in [2.05, 4.69) is 18.7 Å². The quantitative estimate of drug-likeness (QED) is 0.437. The van der Waals surface area contributed by atoms with Gasteiger partial charge in [0.15, 0.2) is 0 Å². The van der Waals surface area contributed by atoms with Crippen LogP contribution >= 0.6 is 11.8 Å². The van der Waals surface area contributed by atoms with Crippen molar-refractivity contribution in [2.45, 2.75) is 18.7 Å². The summed E-state index contributed by atoms with van der Waals surface area (Å²) >= 11 is 1.72. The van der Waals surface area contributed by atoms with Crippen LogP contribution in [0.3, 0.4) is 0 Å². The minimum Gasteiger partial charge on any atom is -0.384 e. The van der Waals surface area contributed by atoms with Crippen molar-refractivity contribution >= 4 is 23.3 Å². The summed E-state index contributed by atoms with van der Waals surface area (Å²) in [6.07, 6.45) is 0. The van der Waals surface area contributed by atoms with Gasteiger partial charge in [-0.25, -0.2) is 0 Å². The molecule has 0 amide bonds. The Morgan fingerprint density at radius 3 is 2.68 bits per heavy atom. The zero-order valence-corrected chi connectivity index (χ0v) is 12.7. The maximum absolute atomic E-state index is 7.85. The molecule has 0 atom stereocenters. The third-order valence-electron chi connectivity index (χ3n) is 2.86. The molecule has 0 heterocycles. The Morgan fingerprint density at radius 2 is 2.16 bits per heavy atom. The van der Waals surface area contributed by atoms with Gasteiger partial charge in [0.25, 0.3) is 0 Å². The van der Waals surface area contributed by atoms with Gasteiger partial charge in [0, 0.05) is 30.8 Å². The Balaban J connectivity index is 3.16. The summed E-state index contributed by atoms with van der Waals surface area (Å²) in [4.78, 5) is 3.27. The molecule has 1 aromatic carbocycles. The molecule has 0 saturated heterocycles. The number of nitrogen functional groups attached to an aromatic ring is 1. The van der Waals surface area contributed by atoms with E-state index in [1.807, 2.05) is 18.2 Å². The number of ether oxygens (including phenoxy) is 1. The third-order valence-corrected chi connectivity index (χ3v) is 3.80. The number of nitrogens with one attached hydrogen (secondary N) is 1. The minimum absolute atomic E-state index is 0.127. The Morgan fingerprint density at radius 1 is 1.42 bits per heavy atom. The number of thioether (sulfide) groups is 1. The van der Waals surface area contributed by atoms with Gasteiger partial charge in [0.1, 0.15) is 5.84 Å². The molecule has 4 nitrogen and oxygen atoms in total. The van der Waals surface area contributed by atoms with Crippen molar-refractivity contribution < 1.29 is 4.74 Å². The van der Waals surface area contributed by atoms with Crippen molar-refractivity contribution in [2.24, 2.45) is 5.73 Å². The van der Waals surface area contributed by atoms with Gasteiger partial charge in [-0.05, 0) is 24.8 Å². The molecule has 0 aliphatic heterocycles. The van der Waals surface area contributed by atoms with Crippen LogP contribution in [0.2, 0.25) is 0 Å². The standard InChI is InChI=1S/C14H23N3OS/c1-4-17(9-10-18-3)11-7-6-8-12(19-5-2)13(11)14(15)16/h6-8H,4-5,9-10H2,1-3H3,(H3,15,16). The lowest BCUT2D eigenvalue weighted by Crippen LogP contribution is -2.29. The van der Waals surface area contributed by atoms with E-state index >= 15 is 0 Å². The van der Waals surface area contributed by atoms with Crippen molar-refractivity contribution in [3.05, 3.63) is 23.8 Å². The summed E-state index contributed by atoms with van der Waals surface area (Å²) in [6.45, 7) is 6.52. The van der Waals surface area contributed by atoms with Crippen LogP contribution in [0.25, 0.3) is 0 Å². The van der Waals surface area contributed by atoms with E-state index in [0.29, 0.717) is 6.61 Å². The molecule has 1 rings (SSSR count). The highest BCUT2D eigenvalue weighted by atomic mass is 32.2. The molecule has 5 heteroatoms. The van der Waals surface area contributed by atoms with E-state index in [1.54, 1.807) is 18.9 Å². The number of hydrogen-bond acceptors (Lipinski definition) is 4. The summed E-state index contributed by atoms with van der Waals surface area (Å²) in [5, 5.41) is 7.85. The van der Waals surface area contributed by atoms with E-state index in [4.69, 9.17) is 15.9 Å². The van der Waals surface area contributed by atoms with Gasteiger partial charge in [0.05, 0.1) is 12.2 Å². The number of hydrogen-bond donors (Lipinski definition) is 2. The Labute approximate surface area is 119 Å². The van der Waals surface area contributed by atoms with Crippen LogP contribution in [0.1, 0.15) is 19.4 Å². The predicted molar refractivity (Wildman–Crippen MR) is 83.6 cm³/mol. The maximum atomic E-state index is 7.85. The van der Waals surface area contributed by atoms with Crippen molar-refractivity contribution in [3.63, 3.8) is 0 Å². The van der Waals surface area contributed by atoms with Gasteiger partial charge in [-0.3, -0.25) is 5.41 Å². The van der Waals surface area contributed by atoms with E-state index < -0.39 is 0 Å². The number of amidine groups is 1.